The highest BCUT2D eigenvalue weighted by molar-refractivity contribution is 6.01. The number of carbonyl (C=O) groups is 1. The highest BCUT2D eigenvalue weighted by Gasteiger charge is 2.18. The molecule has 0 bridgehead atoms. The van der Waals surface area contributed by atoms with E-state index in [0.29, 0.717) is 11.3 Å². The van der Waals surface area contributed by atoms with Crippen LogP contribution in [-0.4, -0.2) is 20.6 Å². The van der Waals surface area contributed by atoms with Gasteiger partial charge in [0.2, 0.25) is 0 Å². The van der Waals surface area contributed by atoms with Crippen molar-refractivity contribution in [2.24, 2.45) is 0 Å². The minimum Gasteiger partial charge on any atom is -0.478 e. The van der Waals surface area contributed by atoms with Crippen molar-refractivity contribution in [3.63, 3.8) is 0 Å². The molecule has 4 nitrogen and oxygen atoms in total. The molecule has 6 heteroatoms. The average molecular weight is 288 g/mol. The molecule has 3 aromatic rings. The van der Waals surface area contributed by atoms with Crippen molar-refractivity contribution in [1.29, 1.82) is 0 Å². The Labute approximate surface area is 118 Å². The Morgan fingerprint density at radius 2 is 1.90 bits per heavy atom. The first kappa shape index (κ1) is 13.2. The van der Waals surface area contributed by atoms with E-state index in [1.807, 2.05) is 0 Å². The molecule has 1 aromatic heterocycles. The number of hydrogen-bond acceptors (Lipinski definition) is 2. The molecular formula is C15H10F2N2O2. The fourth-order valence-electron chi connectivity index (χ4n) is 2.36. The highest BCUT2D eigenvalue weighted by atomic mass is 19.2. The van der Waals surface area contributed by atoms with Gasteiger partial charge in [-0.1, -0.05) is 12.1 Å². The number of benzene rings is 2. The molecule has 0 fully saturated rings. The maximum atomic E-state index is 14.0. The summed E-state index contributed by atoms with van der Waals surface area (Å²) < 4.78 is 28.8. The number of hydrogen-bond donors (Lipinski definition) is 1. The van der Waals surface area contributed by atoms with Gasteiger partial charge in [-0.2, -0.15) is 0 Å². The Morgan fingerprint density at radius 1 is 1.19 bits per heavy atom. The molecule has 0 aliphatic carbocycles. The molecule has 0 radical (unpaired) electrons. The molecule has 0 aliphatic heterocycles. The lowest BCUT2D eigenvalue weighted by molar-refractivity contribution is 0.0699. The molecule has 0 saturated carbocycles. The van der Waals surface area contributed by atoms with Gasteiger partial charge in [-0.25, -0.2) is 18.6 Å². The Hall–Kier alpha value is -2.76. The molecule has 21 heavy (non-hydrogen) atoms. The smallest absolute Gasteiger partial charge is 0.337 e. The van der Waals surface area contributed by atoms with Crippen LogP contribution in [0.3, 0.4) is 0 Å². The summed E-state index contributed by atoms with van der Waals surface area (Å²) in [6.07, 6.45) is 0. The molecule has 0 unspecified atom stereocenters. The van der Waals surface area contributed by atoms with Gasteiger partial charge < -0.3 is 5.11 Å². The molecule has 0 saturated heterocycles. The first-order valence-corrected chi connectivity index (χ1v) is 6.16. The molecule has 1 N–H and O–H groups in total. The van der Waals surface area contributed by atoms with E-state index in [1.54, 1.807) is 19.1 Å². The van der Waals surface area contributed by atoms with E-state index < -0.39 is 17.6 Å². The van der Waals surface area contributed by atoms with Crippen molar-refractivity contribution in [1.82, 2.24) is 9.55 Å². The lowest BCUT2D eigenvalue weighted by Crippen LogP contribution is -2.02. The zero-order chi connectivity index (χ0) is 15.1. The summed E-state index contributed by atoms with van der Waals surface area (Å²) in [7, 11) is 0. The molecule has 2 aromatic carbocycles. The Bertz CT molecular complexity index is 871. The molecule has 0 spiro atoms. The van der Waals surface area contributed by atoms with Gasteiger partial charge in [0.1, 0.15) is 11.3 Å². The summed E-state index contributed by atoms with van der Waals surface area (Å²) in [6.45, 7) is 1.61. The van der Waals surface area contributed by atoms with Crippen molar-refractivity contribution in [3.8, 4) is 5.69 Å². The average Bonchev–Trinajstić information content (AvgIpc) is 2.77. The number of fused-ring (bicyclic) bond motifs is 1. The predicted molar refractivity (Wildman–Crippen MR) is 72.7 cm³/mol. The number of para-hydroxylation sites is 1. The third-order valence-corrected chi connectivity index (χ3v) is 3.26. The summed E-state index contributed by atoms with van der Waals surface area (Å²) >= 11 is 0. The van der Waals surface area contributed by atoms with Crippen LogP contribution in [0.5, 0.6) is 0 Å². The van der Waals surface area contributed by atoms with E-state index >= 15 is 0 Å². The van der Waals surface area contributed by atoms with Crippen LogP contribution in [-0.2, 0) is 0 Å². The van der Waals surface area contributed by atoms with E-state index in [0.717, 1.165) is 6.07 Å². The van der Waals surface area contributed by atoms with Crippen molar-refractivity contribution >= 4 is 17.0 Å². The fraction of sp³-hybridized carbons (Fsp3) is 0.0667. The van der Waals surface area contributed by atoms with Gasteiger partial charge in [-0.3, -0.25) is 4.57 Å². The van der Waals surface area contributed by atoms with Crippen LogP contribution in [0.15, 0.2) is 36.4 Å². The Kier molecular flexibility index (Phi) is 2.94. The Balaban J connectivity index is 2.39. The second-order valence-electron chi connectivity index (χ2n) is 4.55. The van der Waals surface area contributed by atoms with Gasteiger partial charge in [0, 0.05) is 0 Å². The molecule has 1 heterocycles. The van der Waals surface area contributed by atoms with Gasteiger partial charge in [-0.05, 0) is 31.2 Å². The second-order valence-corrected chi connectivity index (χ2v) is 4.55. The minimum absolute atomic E-state index is 0.00228. The zero-order valence-corrected chi connectivity index (χ0v) is 11.0. The fourth-order valence-corrected chi connectivity index (χ4v) is 2.36. The lowest BCUT2D eigenvalue weighted by Gasteiger charge is -2.08. The number of carboxylic acid groups (broad SMARTS) is 1. The van der Waals surface area contributed by atoms with Crippen molar-refractivity contribution < 1.29 is 18.7 Å². The predicted octanol–water partition coefficient (Wildman–Crippen LogP) is 3.31. The van der Waals surface area contributed by atoms with Crippen LogP contribution in [0.2, 0.25) is 0 Å². The van der Waals surface area contributed by atoms with Gasteiger partial charge in [-0.15, -0.1) is 0 Å². The maximum absolute atomic E-state index is 14.0. The summed E-state index contributed by atoms with van der Waals surface area (Å²) in [4.78, 5) is 15.4. The molecular weight excluding hydrogens is 278 g/mol. The molecule has 106 valence electrons. The number of aromatic nitrogens is 2. The molecule has 3 rings (SSSR count). The largest absolute Gasteiger partial charge is 0.478 e. The van der Waals surface area contributed by atoms with Gasteiger partial charge in [0.05, 0.1) is 16.8 Å². The number of aryl methyl sites for hydroxylation is 1. The van der Waals surface area contributed by atoms with E-state index in [2.05, 4.69) is 4.98 Å². The van der Waals surface area contributed by atoms with Crippen LogP contribution >= 0.6 is 0 Å². The lowest BCUT2D eigenvalue weighted by atomic mass is 10.2. The van der Waals surface area contributed by atoms with Crippen LogP contribution in [0.25, 0.3) is 16.7 Å². The van der Waals surface area contributed by atoms with E-state index in [4.69, 9.17) is 5.11 Å². The van der Waals surface area contributed by atoms with Gasteiger partial charge in [0.15, 0.2) is 11.6 Å². The molecule has 0 aliphatic rings. The van der Waals surface area contributed by atoms with Crippen molar-refractivity contribution in [3.05, 3.63) is 59.4 Å². The number of nitrogens with zero attached hydrogens (tertiary/aromatic N) is 2. The minimum atomic E-state index is -1.12. The monoisotopic (exact) mass is 288 g/mol. The maximum Gasteiger partial charge on any atom is 0.337 e. The first-order chi connectivity index (χ1) is 10.0. The summed E-state index contributed by atoms with van der Waals surface area (Å²) in [6, 6.07) is 8.41. The third-order valence-electron chi connectivity index (χ3n) is 3.26. The number of halogens is 2. The number of aromatic carboxylic acids is 1. The van der Waals surface area contributed by atoms with E-state index in [-0.39, 0.29) is 16.8 Å². The standard InChI is InChI=1S/C15H10F2N2O2/c1-8-18-14-9(15(20)21)4-2-7-12(14)19(8)11-6-3-5-10(16)13(11)17/h2-7H,1H3,(H,20,21). The van der Waals surface area contributed by atoms with Crippen LogP contribution in [0, 0.1) is 18.6 Å². The molecule has 0 amide bonds. The van der Waals surface area contributed by atoms with Crippen LogP contribution in [0.4, 0.5) is 8.78 Å². The van der Waals surface area contributed by atoms with Crippen molar-refractivity contribution in [2.75, 3.05) is 0 Å². The normalized spacial score (nSPS) is 11.0. The summed E-state index contributed by atoms with van der Waals surface area (Å²) in [5.41, 5.74) is 0.673. The SMILES string of the molecule is Cc1nc2c(C(=O)O)cccc2n1-c1cccc(F)c1F. The topological polar surface area (TPSA) is 55.1 Å². The summed E-state index contributed by atoms with van der Waals surface area (Å²) in [5.74, 6) is -2.71. The number of carboxylic acids is 1. The van der Waals surface area contributed by atoms with E-state index in [9.17, 15) is 13.6 Å². The summed E-state index contributed by atoms with van der Waals surface area (Å²) in [5, 5.41) is 9.17. The highest BCUT2D eigenvalue weighted by Crippen LogP contribution is 2.26. The second kappa shape index (κ2) is 4.66. The van der Waals surface area contributed by atoms with Crippen LogP contribution < -0.4 is 0 Å². The first-order valence-electron chi connectivity index (χ1n) is 6.16. The number of imidazole rings is 1. The molecule has 0 atom stereocenters. The van der Waals surface area contributed by atoms with Crippen LogP contribution in [0.1, 0.15) is 16.2 Å². The third kappa shape index (κ3) is 1.96. The zero-order valence-electron chi connectivity index (χ0n) is 11.0. The van der Waals surface area contributed by atoms with E-state index in [1.165, 1.54) is 22.8 Å². The Morgan fingerprint density at radius 3 is 2.62 bits per heavy atom. The van der Waals surface area contributed by atoms with Gasteiger partial charge >= 0.3 is 5.97 Å². The quantitative estimate of drug-likeness (QED) is 0.787. The van der Waals surface area contributed by atoms with Gasteiger partial charge in [0.25, 0.3) is 0 Å². The number of rotatable bonds is 2. The van der Waals surface area contributed by atoms with Crippen molar-refractivity contribution in [2.45, 2.75) is 6.92 Å².